The molecular weight excluding hydrogens is 404 g/mol. The Morgan fingerprint density at radius 2 is 1.74 bits per heavy atom. The van der Waals surface area contributed by atoms with Crippen molar-refractivity contribution in [1.82, 2.24) is 19.1 Å². The van der Waals surface area contributed by atoms with Crippen molar-refractivity contribution >= 4 is 17.4 Å². The normalized spacial score (nSPS) is 13.8. The Morgan fingerprint density at radius 1 is 1.10 bits per heavy atom. The first-order valence-corrected chi connectivity index (χ1v) is 9.67. The molecule has 1 aliphatic rings. The number of hydrogen-bond acceptors (Lipinski definition) is 7. The lowest BCUT2D eigenvalue weighted by Crippen LogP contribution is -2.27. The molecule has 166 valence electrons. The molecule has 3 aromatic rings. The monoisotopic (exact) mass is 430 g/mol. The number of methoxy groups -OCH3 is 3. The van der Waals surface area contributed by atoms with Gasteiger partial charge in [-0.15, -0.1) is 0 Å². The molecule has 0 unspecified atom stereocenters. The molecule has 0 radical (unpaired) electrons. The van der Waals surface area contributed by atoms with E-state index in [9.17, 15) is 4.79 Å². The molecule has 0 spiro atoms. The maximum absolute atomic E-state index is 13.2. The highest BCUT2D eigenvalue weighted by molar-refractivity contribution is 5.89. The van der Waals surface area contributed by atoms with Crippen molar-refractivity contribution in [2.75, 3.05) is 21.3 Å². The number of carboxylic acid groups (broad SMARTS) is 1. The molecule has 10 nitrogen and oxygen atoms in total. The maximum Gasteiger partial charge on any atom is 0.290 e. The first-order chi connectivity index (χ1) is 14.9. The zero-order valence-electron chi connectivity index (χ0n) is 18.0. The lowest BCUT2D eigenvalue weighted by atomic mass is 10.1. The summed E-state index contributed by atoms with van der Waals surface area (Å²) in [6.07, 6.45) is 7.54. The molecule has 1 saturated carbocycles. The first kappa shape index (κ1) is 22.1. The topological polar surface area (TPSA) is 118 Å². The highest BCUT2D eigenvalue weighted by Crippen LogP contribution is 2.48. The molecule has 0 bridgehead atoms. The van der Waals surface area contributed by atoms with Crippen LogP contribution in [-0.2, 0) is 17.9 Å². The zero-order valence-corrected chi connectivity index (χ0v) is 18.0. The van der Waals surface area contributed by atoms with E-state index in [2.05, 4.69) is 14.5 Å². The molecule has 10 heteroatoms. The van der Waals surface area contributed by atoms with Crippen molar-refractivity contribution in [3.63, 3.8) is 0 Å². The molecule has 0 saturated heterocycles. The lowest BCUT2D eigenvalue weighted by molar-refractivity contribution is -0.122. The Balaban J connectivity index is 0.000000858. The van der Waals surface area contributed by atoms with E-state index < -0.39 is 0 Å². The smallest absolute Gasteiger partial charge is 0.290 e. The summed E-state index contributed by atoms with van der Waals surface area (Å²) in [5.74, 6) is 2.25. The number of aryl methyl sites for hydroxylation is 1. The van der Waals surface area contributed by atoms with Gasteiger partial charge in [0.2, 0.25) is 5.75 Å². The van der Waals surface area contributed by atoms with Crippen LogP contribution in [0.5, 0.6) is 17.2 Å². The summed E-state index contributed by atoms with van der Waals surface area (Å²) >= 11 is 0. The quantitative estimate of drug-likeness (QED) is 0.566. The minimum atomic E-state index is -0.250. The molecule has 0 aliphatic heterocycles. The van der Waals surface area contributed by atoms with Gasteiger partial charge in [0.1, 0.15) is 11.3 Å². The van der Waals surface area contributed by atoms with Gasteiger partial charge in [-0.3, -0.25) is 14.2 Å². The second kappa shape index (κ2) is 9.07. The fourth-order valence-corrected chi connectivity index (χ4v) is 3.72. The Morgan fingerprint density at radius 3 is 2.26 bits per heavy atom. The van der Waals surface area contributed by atoms with Crippen LogP contribution >= 0.6 is 0 Å². The molecule has 1 aromatic carbocycles. The van der Waals surface area contributed by atoms with Crippen LogP contribution in [-0.4, -0.2) is 52.0 Å². The van der Waals surface area contributed by atoms with Gasteiger partial charge in [0.05, 0.1) is 33.0 Å². The SMILES string of the molecule is COc1cc2c(=O)n(CC3(Cn4ccnc4C)CC3)cnc2c(OC)c1OC.O=CO. The Labute approximate surface area is 179 Å². The van der Waals surface area contributed by atoms with Crippen molar-refractivity contribution in [2.24, 2.45) is 5.41 Å². The van der Waals surface area contributed by atoms with Crippen LogP contribution < -0.4 is 19.8 Å². The molecule has 4 rings (SSSR count). The largest absolute Gasteiger partial charge is 0.493 e. The van der Waals surface area contributed by atoms with Crippen LogP contribution in [0.25, 0.3) is 10.9 Å². The predicted octanol–water partition coefficient (Wildman–Crippen LogP) is 2.11. The fraction of sp³-hybridized carbons (Fsp3) is 0.429. The van der Waals surface area contributed by atoms with Crippen LogP contribution in [0.4, 0.5) is 0 Å². The third-order valence-corrected chi connectivity index (χ3v) is 5.51. The van der Waals surface area contributed by atoms with Gasteiger partial charge >= 0.3 is 0 Å². The van der Waals surface area contributed by atoms with Crippen molar-refractivity contribution in [2.45, 2.75) is 32.9 Å². The summed E-state index contributed by atoms with van der Waals surface area (Å²) in [6, 6.07) is 1.67. The van der Waals surface area contributed by atoms with Crippen LogP contribution in [0.3, 0.4) is 0 Å². The van der Waals surface area contributed by atoms with Crippen LogP contribution in [0.15, 0.2) is 29.6 Å². The van der Waals surface area contributed by atoms with E-state index in [1.165, 1.54) is 21.3 Å². The van der Waals surface area contributed by atoms with E-state index >= 15 is 0 Å². The van der Waals surface area contributed by atoms with Gasteiger partial charge in [0.25, 0.3) is 12.0 Å². The molecule has 0 amide bonds. The van der Waals surface area contributed by atoms with Crippen molar-refractivity contribution in [3.05, 3.63) is 41.0 Å². The van der Waals surface area contributed by atoms with E-state index in [4.69, 9.17) is 24.1 Å². The van der Waals surface area contributed by atoms with Gasteiger partial charge in [-0.25, -0.2) is 9.97 Å². The van der Waals surface area contributed by atoms with Gasteiger partial charge in [-0.05, 0) is 25.8 Å². The summed E-state index contributed by atoms with van der Waals surface area (Å²) in [5, 5.41) is 7.34. The highest BCUT2D eigenvalue weighted by Gasteiger charge is 2.43. The van der Waals surface area contributed by atoms with Crippen molar-refractivity contribution in [3.8, 4) is 17.2 Å². The van der Waals surface area contributed by atoms with Gasteiger partial charge < -0.3 is 23.9 Å². The van der Waals surface area contributed by atoms with Crippen molar-refractivity contribution in [1.29, 1.82) is 0 Å². The summed E-state index contributed by atoms with van der Waals surface area (Å²) < 4.78 is 20.1. The number of benzene rings is 1. The second-order valence-electron chi connectivity index (χ2n) is 7.43. The van der Waals surface area contributed by atoms with Crippen LogP contribution in [0.1, 0.15) is 18.7 Å². The molecule has 2 aromatic heterocycles. The van der Waals surface area contributed by atoms with Gasteiger partial charge in [-0.1, -0.05) is 0 Å². The molecule has 31 heavy (non-hydrogen) atoms. The number of carbonyl (C=O) groups is 1. The third-order valence-electron chi connectivity index (χ3n) is 5.51. The number of imidazole rings is 1. The average Bonchev–Trinajstić information content (AvgIpc) is 3.41. The lowest BCUT2D eigenvalue weighted by Gasteiger charge is -2.19. The highest BCUT2D eigenvalue weighted by atomic mass is 16.5. The fourth-order valence-electron chi connectivity index (χ4n) is 3.72. The van der Waals surface area contributed by atoms with E-state index in [1.54, 1.807) is 23.2 Å². The molecule has 0 atom stereocenters. The zero-order chi connectivity index (χ0) is 22.6. The number of nitrogens with zero attached hydrogens (tertiary/aromatic N) is 4. The third kappa shape index (κ3) is 4.32. The van der Waals surface area contributed by atoms with E-state index in [0.717, 1.165) is 25.2 Å². The average molecular weight is 430 g/mol. The number of hydrogen-bond donors (Lipinski definition) is 1. The van der Waals surface area contributed by atoms with E-state index in [0.29, 0.717) is 34.7 Å². The van der Waals surface area contributed by atoms with Crippen LogP contribution in [0, 0.1) is 12.3 Å². The van der Waals surface area contributed by atoms with Crippen LogP contribution in [0.2, 0.25) is 0 Å². The van der Waals surface area contributed by atoms with Crippen molar-refractivity contribution < 1.29 is 24.1 Å². The minimum absolute atomic E-state index is 0.0608. The molecule has 1 N–H and O–H groups in total. The molecule has 2 heterocycles. The molecule has 1 aliphatic carbocycles. The maximum atomic E-state index is 13.2. The summed E-state index contributed by atoms with van der Waals surface area (Å²) in [6.45, 7) is 3.20. The van der Waals surface area contributed by atoms with Gasteiger partial charge in [0, 0.05) is 30.9 Å². The summed E-state index contributed by atoms with van der Waals surface area (Å²) in [4.78, 5) is 30.3. The Bertz CT molecular complexity index is 1130. The number of ether oxygens (including phenoxy) is 3. The number of fused-ring (bicyclic) bond motifs is 1. The number of aromatic nitrogens is 4. The van der Waals surface area contributed by atoms with Gasteiger partial charge in [0.15, 0.2) is 11.5 Å². The van der Waals surface area contributed by atoms with Gasteiger partial charge in [-0.2, -0.15) is 0 Å². The standard InChI is InChI=1S/C20H24N4O4.CH2O2/c1-13-21-7-8-23(13)10-20(5-6-20)11-24-12-22-16-14(19(24)25)9-15(26-2)17(27-3)18(16)28-4;2-1-3/h7-9,12H,5-6,10-11H2,1-4H3;1H,(H,2,3). The van der Waals surface area contributed by atoms with E-state index in [-0.39, 0.29) is 17.4 Å². The predicted molar refractivity (Wildman–Crippen MR) is 113 cm³/mol. The molecule has 1 fully saturated rings. The second-order valence-corrected chi connectivity index (χ2v) is 7.43. The van der Waals surface area contributed by atoms with E-state index in [1.807, 2.05) is 13.1 Å². The number of rotatable bonds is 7. The first-order valence-electron chi connectivity index (χ1n) is 9.67. The summed E-state index contributed by atoms with van der Waals surface area (Å²) in [5.41, 5.74) is 0.417. The Kier molecular flexibility index (Phi) is 6.47. The Hall–Kier alpha value is -3.56. The molecular formula is C21H26N4O6. The summed E-state index contributed by atoms with van der Waals surface area (Å²) in [7, 11) is 4.59. The minimum Gasteiger partial charge on any atom is -0.493 e.